The van der Waals surface area contributed by atoms with E-state index >= 15 is 0 Å². The van der Waals surface area contributed by atoms with Crippen molar-refractivity contribution in [3.8, 4) is 0 Å². The molecular weight excluding hydrogens is 482 g/mol. The summed E-state index contributed by atoms with van der Waals surface area (Å²) in [7, 11) is -3.84. The number of Topliss-reactive ketones (excluding diaryl/α,β-unsaturated/α-hetero) is 1. The number of ether oxygens (including phenoxy) is 1. The zero-order chi connectivity index (χ0) is 23.6. The third-order valence-electron chi connectivity index (χ3n) is 5.56. The summed E-state index contributed by atoms with van der Waals surface area (Å²) in [6.07, 6.45) is 0.352. The molecule has 0 saturated heterocycles. The highest BCUT2D eigenvalue weighted by Gasteiger charge is 2.37. The van der Waals surface area contributed by atoms with Gasteiger partial charge < -0.3 is 4.74 Å². The van der Waals surface area contributed by atoms with E-state index in [1.165, 1.54) is 4.31 Å². The molecule has 0 bridgehead atoms. The summed E-state index contributed by atoms with van der Waals surface area (Å²) in [4.78, 5) is 25.5. The highest BCUT2D eigenvalue weighted by Crippen LogP contribution is 2.36. The van der Waals surface area contributed by atoms with Crippen molar-refractivity contribution in [3.63, 3.8) is 0 Å². The first-order chi connectivity index (χ1) is 15.8. The number of carbonyl (C=O) groups is 2. The Morgan fingerprint density at radius 3 is 2.52 bits per heavy atom. The normalized spacial score (nSPS) is 16.2. The monoisotopic (exact) mass is 503 g/mol. The number of ketones is 1. The maximum absolute atomic E-state index is 13.5. The van der Waals surface area contributed by atoms with Crippen molar-refractivity contribution in [2.75, 3.05) is 13.2 Å². The Morgan fingerprint density at radius 2 is 1.82 bits per heavy atom. The lowest BCUT2D eigenvalue weighted by atomic mass is 9.92. The fraction of sp³-hybridized carbons (Fsp3) is 0.250. The first kappa shape index (κ1) is 23.6. The first-order valence-corrected chi connectivity index (χ1v) is 13.0. The van der Waals surface area contributed by atoms with Gasteiger partial charge in [0.2, 0.25) is 15.8 Å². The summed E-state index contributed by atoms with van der Waals surface area (Å²) in [6.45, 7) is 1.71. The fourth-order valence-corrected chi connectivity index (χ4v) is 6.44. The molecular formula is C24H22ClNO5S2. The van der Waals surface area contributed by atoms with Crippen molar-refractivity contribution in [2.24, 2.45) is 0 Å². The van der Waals surface area contributed by atoms with Gasteiger partial charge in [-0.2, -0.15) is 4.31 Å². The minimum atomic E-state index is -3.84. The van der Waals surface area contributed by atoms with Crippen molar-refractivity contribution in [1.82, 2.24) is 4.31 Å². The molecule has 6 nitrogen and oxygen atoms in total. The number of hydrogen-bond donors (Lipinski definition) is 0. The number of thiophene rings is 1. The number of rotatable bonds is 7. The van der Waals surface area contributed by atoms with Crippen LogP contribution in [0.5, 0.6) is 0 Å². The lowest BCUT2D eigenvalue weighted by molar-refractivity contribution is -0.143. The molecule has 2 aromatic carbocycles. The molecule has 4 rings (SSSR count). The lowest BCUT2D eigenvalue weighted by Gasteiger charge is -2.36. The summed E-state index contributed by atoms with van der Waals surface area (Å²) in [5, 5.41) is 0. The molecule has 1 aromatic heterocycles. The third kappa shape index (κ3) is 5.19. The minimum absolute atomic E-state index is 0.176. The van der Waals surface area contributed by atoms with E-state index in [0.29, 0.717) is 15.6 Å². The van der Waals surface area contributed by atoms with Crippen molar-refractivity contribution in [3.05, 3.63) is 86.6 Å². The number of fused-ring (bicyclic) bond motifs is 1. The van der Waals surface area contributed by atoms with Crippen LogP contribution in [-0.2, 0) is 26.0 Å². The molecule has 9 heteroatoms. The average Bonchev–Trinajstić information content (AvgIpc) is 3.24. The first-order valence-electron chi connectivity index (χ1n) is 10.4. The fourth-order valence-electron chi connectivity index (χ4n) is 3.87. The number of benzene rings is 2. The summed E-state index contributed by atoms with van der Waals surface area (Å²) >= 11 is 6.97. The number of hydrogen-bond acceptors (Lipinski definition) is 6. The van der Waals surface area contributed by atoms with Crippen LogP contribution in [0.3, 0.4) is 0 Å². The van der Waals surface area contributed by atoms with Crippen LogP contribution in [-0.4, -0.2) is 37.6 Å². The van der Waals surface area contributed by atoms with Crippen LogP contribution in [0, 0.1) is 6.92 Å². The van der Waals surface area contributed by atoms with Gasteiger partial charge in [0, 0.05) is 6.54 Å². The van der Waals surface area contributed by atoms with Crippen LogP contribution in [0.25, 0.3) is 0 Å². The van der Waals surface area contributed by atoms with Gasteiger partial charge >= 0.3 is 5.97 Å². The predicted octanol–water partition coefficient (Wildman–Crippen LogP) is 4.81. The Balaban J connectivity index is 1.56. The molecule has 33 heavy (non-hydrogen) atoms. The van der Waals surface area contributed by atoms with Crippen LogP contribution in [0.15, 0.2) is 65.6 Å². The Labute approximate surface area is 201 Å². The molecule has 2 heterocycles. The van der Waals surface area contributed by atoms with Crippen LogP contribution < -0.4 is 0 Å². The van der Waals surface area contributed by atoms with Gasteiger partial charge in [-0.05, 0) is 48.7 Å². The molecule has 0 aliphatic carbocycles. The van der Waals surface area contributed by atoms with E-state index in [-0.39, 0.29) is 23.6 Å². The van der Waals surface area contributed by atoms with Gasteiger partial charge in [0.1, 0.15) is 0 Å². The zero-order valence-corrected chi connectivity index (χ0v) is 20.3. The van der Waals surface area contributed by atoms with E-state index < -0.39 is 28.6 Å². The van der Waals surface area contributed by atoms with Crippen molar-refractivity contribution in [1.29, 1.82) is 0 Å². The van der Waals surface area contributed by atoms with Crippen molar-refractivity contribution in [2.45, 2.75) is 30.7 Å². The summed E-state index contributed by atoms with van der Waals surface area (Å²) in [5.41, 5.74) is 2.72. The Hall–Kier alpha value is -2.52. The van der Waals surface area contributed by atoms with E-state index in [0.717, 1.165) is 28.0 Å². The van der Waals surface area contributed by atoms with Gasteiger partial charge in [-0.25, -0.2) is 8.42 Å². The number of carbonyl (C=O) groups excluding carboxylic acids is 2. The molecule has 0 fully saturated rings. The lowest BCUT2D eigenvalue weighted by Crippen LogP contribution is -2.41. The summed E-state index contributed by atoms with van der Waals surface area (Å²) in [5.74, 6) is -0.995. The van der Waals surface area contributed by atoms with Gasteiger partial charge in [-0.3, -0.25) is 9.59 Å². The van der Waals surface area contributed by atoms with Gasteiger partial charge in [0.25, 0.3) is 0 Å². The second-order valence-electron chi connectivity index (χ2n) is 7.79. The van der Waals surface area contributed by atoms with Crippen LogP contribution in [0.4, 0.5) is 0 Å². The Bertz CT molecular complexity index is 1280. The number of halogens is 1. The van der Waals surface area contributed by atoms with Gasteiger partial charge in [-0.15, -0.1) is 11.3 Å². The number of esters is 1. The van der Waals surface area contributed by atoms with E-state index in [1.807, 2.05) is 31.2 Å². The number of nitrogens with zero attached hydrogens (tertiary/aromatic N) is 1. The second-order valence-corrected chi connectivity index (χ2v) is 11.4. The number of sulfonamides is 1. The molecule has 172 valence electrons. The quantitative estimate of drug-likeness (QED) is 0.341. The molecule has 1 aliphatic rings. The van der Waals surface area contributed by atoms with Crippen molar-refractivity contribution < 1.29 is 22.7 Å². The highest BCUT2D eigenvalue weighted by atomic mass is 35.5. The van der Waals surface area contributed by atoms with Crippen LogP contribution in [0.1, 0.15) is 38.8 Å². The molecule has 0 unspecified atom stereocenters. The van der Waals surface area contributed by atoms with Gasteiger partial charge in [0.05, 0.1) is 26.6 Å². The zero-order valence-electron chi connectivity index (χ0n) is 17.9. The van der Waals surface area contributed by atoms with E-state index in [4.69, 9.17) is 16.3 Å². The third-order valence-corrected chi connectivity index (χ3v) is 8.76. The molecule has 1 atom stereocenters. The Kier molecular flexibility index (Phi) is 6.99. The van der Waals surface area contributed by atoms with E-state index in [9.17, 15) is 18.0 Å². The molecule has 3 aromatic rings. The Morgan fingerprint density at radius 1 is 1.09 bits per heavy atom. The largest absolute Gasteiger partial charge is 0.457 e. The van der Waals surface area contributed by atoms with Gasteiger partial charge in [0.15, 0.2) is 6.61 Å². The maximum atomic E-state index is 13.5. The molecule has 0 N–H and O–H groups in total. The predicted molar refractivity (Wildman–Crippen MR) is 127 cm³/mol. The smallest absolute Gasteiger partial charge is 0.308 e. The molecule has 0 spiro atoms. The number of aryl methyl sites for hydroxylation is 1. The average molecular weight is 504 g/mol. The molecule has 0 amide bonds. The minimum Gasteiger partial charge on any atom is -0.457 e. The highest BCUT2D eigenvalue weighted by molar-refractivity contribution is 7.89. The topological polar surface area (TPSA) is 80.8 Å². The van der Waals surface area contributed by atoms with E-state index in [1.54, 1.807) is 36.4 Å². The van der Waals surface area contributed by atoms with Gasteiger partial charge in [-0.1, -0.05) is 53.6 Å². The molecule has 0 radical (unpaired) electrons. The van der Waals surface area contributed by atoms with Crippen LogP contribution in [0.2, 0.25) is 4.34 Å². The van der Waals surface area contributed by atoms with Crippen LogP contribution >= 0.6 is 22.9 Å². The SMILES string of the molecule is Cc1ccc(S(=O)(=O)N2CCc3ccccc3[C@H]2CC(=O)OCC(=O)c2ccc(Cl)s2)cc1. The van der Waals surface area contributed by atoms with Crippen molar-refractivity contribution >= 4 is 44.7 Å². The van der Waals surface area contributed by atoms with E-state index in [2.05, 4.69) is 0 Å². The standard InChI is InChI=1S/C24H22ClNO5S2/c1-16-6-8-18(9-7-16)33(29,30)26-13-12-17-4-2-3-5-19(17)20(26)14-24(28)31-15-21(27)22-10-11-23(25)32-22/h2-11,20H,12-15H2,1H3/t20-/m1/s1. The summed E-state index contributed by atoms with van der Waals surface area (Å²) < 4.78 is 34.0. The molecule has 1 aliphatic heterocycles. The second kappa shape index (κ2) is 9.77. The molecule has 0 saturated carbocycles. The maximum Gasteiger partial charge on any atom is 0.308 e. The summed E-state index contributed by atoms with van der Waals surface area (Å²) in [6, 6.07) is 16.6.